The molecule has 0 aromatic carbocycles. The van der Waals surface area contributed by atoms with Gasteiger partial charge in [0.1, 0.15) is 6.04 Å². The number of alkyl halides is 3. The molecule has 0 rings (SSSR count). The van der Waals surface area contributed by atoms with Crippen LogP contribution >= 0.6 is 0 Å². The third-order valence-corrected chi connectivity index (χ3v) is 2.52. The number of halogens is 3. The smallest absolute Gasteiger partial charge is 0.480 e. The van der Waals surface area contributed by atoms with Crippen LogP contribution in [-0.2, 0) is 14.8 Å². The highest BCUT2D eigenvalue weighted by atomic mass is 32.2. The summed E-state index contributed by atoms with van der Waals surface area (Å²) in [4.78, 5) is 10.3. The van der Waals surface area contributed by atoms with Crippen molar-refractivity contribution in [3.63, 3.8) is 0 Å². The molecular weight excluding hydrogens is 243 g/mol. The number of aliphatic hydroxyl groups is 1. The standard InChI is InChI=1S/C5H8F3NO5S/c6-5(7,8)15(13,14)9-3(1-2-10)4(11)12/h3,9-10H,1-2H2,(H,11,12)/t3-/m0/s1. The van der Waals surface area contributed by atoms with Gasteiger partial charge in [-0.15, -0.1) is 0 Å². The number of nitrogens with one attached hydrogen (secondary N) is 1. The number of rotatable bonds is 5. The summed E-state index contributed by atoms with van der Waals surface area (Å²) in [6.07, 6.45) is -0.648. The summed E-state index contributed by atoms with van der Waals surface area (Å²) in [6.45, 7) is -0.753. The van der Waals surface area contributed by atoms with Gasteiger partial charge in [0.2, 0.25) is 0 Å². The Labute approximate surface area is 82.8 Å². The minimum atomic E-state index is -5.71. The van der Waals surface area contributed by atoms with Crippen LogP contribution in [0.15, 0.2) is 0 Å². The first-order valence-electron chi connectivity index (χ1n) is 3.54. The van der Waals surface area contributed by atoms with Crippen molar-refractivity contribution >= 4 is 16.0 Å². The molecule has 0 heterocycles. The van der Waals surface area contributed by atoms with Gasteiger partial charge in [-0.3, -0.25) is 4.79 Å². The van der Waals surface area contributed by atoms with E-state index in [9.17, 15) is 26.4 Å². The van der Waals surface area contributed by atoms with Crippen LogP contribution in [0.25, 0.3) is 0 Å². The minimum absolute atomic E-state index is 0.648. The molecule has 0 radical (unpaired) electrons. The van der Waals surface area contributed by atoms with Gasteiger partial charge in [0, 0.05) is 6.61 Å². The lowest BCUT2D eigenvalue weighted by Gasteiger charge is -2.14. The molecule has 0 saturated heterocycles. The van der Waals surface area contributed by atoms with Crippen LogP contribution in [0, 0.1) is 0 Å². The van der Waals surface area contributed by atoms with Gasteiger partial charge in [-0.1, -0.05) is 0 Å². The Morgan fingerprint density at radius 3 is 2.13 bits per heavy atom. The maximum absolute atomic E-state index is 11.8. The fourth-order valence-electron chi connectivity index (χ4n) is 0.616. The van der Waals surface area contributed by atoms with E-state index in [4.69, 9.17) is 10.2 Å². The second-order valence-corrected chi connectivity index (χ2v) is 4.18. The van der Waals surface area contributed by atoms with E-state index in [2.05, 4.69) is 0 Å². The summed E-state index contributed by atoms with van der Waals surface area (Å²) < 4.78 is 57.2. The van der Waals surface area contributed by atoms with E-state index >= 15 is 0 Å². The molecule has 10 heteroatoms. The first-order valence-corrected chi connectivity index (χ1v) is 5.02. The molecule has 0 aliphatic heterocycles. The van der Waals surface area contributed by atoms with Crippen molar-refractivity contribution in [2.75, 3.05) is 6.61 Å². The fraction of sp³-hybridized carbons (Fsp3) is 0.800. The highest BCUT2D eigenvalue weighted by Crippen LogP contribution is 2.22. The molecule has 0 aromatic heterocycles. The molecule has 3 N–H and O–H groups in total. The molecule has 0 amide bonds. The lowest BCUT2D eigenvalue weighted by atomic mass is 10.2. The number of hydrogen-bond donors (Lipinski definition) is 3. The zero-order chi connectivity index (χ0) is 12.3. The van der Waals surface area contributed by atoms with Crippen LogP contribution in [0.3, 0.4) is 0 Å². The second kappa shape index (κ2) is 4.77. The summed E-state index contributed by atoms with van der Waals surface area (Å²) in [5.74, 6) is -1.79. The van der Waals surface area contributed by atoms with E-state index in [1.165, 1.54) is 0 Å². The Morgan fingerprint density at radius 2 is 1.87 bits per heavy atom. The molecule has 0 aromatic rings. The summed E-state index contributed by atoms with van der Waals surface area (Å²) in [7, 11) is -5.71. The molecule has 6 nitrogen and oxygen atoms in total. The van der Waals surface area contributed by atoms with Gasteiger partial charge in [-0.25, -0.2) is 8.42 Å². The molecular formula is C5H8F3NO5S. The number of carboxylic acid groups (broad SMARTS) is 1. The number of carbonyl (C=O) groups is 1. The van der Waals surface area contributed by atoms with Crippen LogP contribution in [0.2, 0.25) is 0 Å². The molecule has 15 heavy (non-hydrogen) atoms. The van der Waals surface area contributed by atoms with Crippen LogP contribution in [-0.4, -0.2) is 42.8 Å². The quantitative estimate of drug-likeness (QED) is 0.597. The molecule has 1 atom stereocenters. The van der Waals surface area contributed by atoms with Gasteiger partial charge < -0.3 is 10.2 Å². The van der Waals surface area contributed by atoms with E-state index < -0.39 is 40.6 Å². The summed E-state index contributed by atoms with van der Waals surface area (Å²) >= 11 is 0. The fourth-order valence-corrected chi connectivity index (χ4v) is 1.34. The average molecular weight is 251 g/mol. The van der Waals surface area contributed by atoms with Gasteiger partial charge in [-0.05, 0) is 6.42 Å². The third-order valence-electron chi connectivity index (χ3n) is 1.32. The summed E-state index contributed by atoms with van der Waals surface area (Å²) in [6, 6.07) is -2.00. The Bertz CT molecular complexity index is 324. The Balaban J connectivity index is 4.76. The van der Waals surface area contributed by atoms with Crippen molar-refractivity contribution in [1.82, 2.24) is 4.72 Å². The molecule has 0 fully saturated rings. The topological polar surface area (TPSA) is 104 Å². The van der Waals surface area contributed by atoms with Crippen molar-refractivity contribution in [2.24, 2.45) is 0 Å². The van der Waals surface area contributed by atoms with Crippen molar-refractivity contribution in [3.8, 4) is 0 Å². The lowest BCUT2D eigenvalue weighted by molar-refractivity contribution is -0.139. The number of aliphatic carboxylic acids is 1. The normalized spacial score (nSPS) is 14.9. The number of hydrogen-bond acceptors (Lipinski definition) is 4. The first-order chi connectivity index (χ1) is 6.62. The Hall–Kier alpha value is -0.870. The van der Waals surface area contributed by atoms with Gasteiger partial charge in [0.25, 0.3) is 0 Å². The average Bonchev–Trinajstić information content (AvgIpc) is 2.00. The molecule has 0 aliphatic rings. The van der Waals surface area contributed by atoms with E-state index in [-0.39, 0.29) is 0 Å². The zero-order valence-corrected chi connectivity index (χ0v) is 7.97. The van der Waals surface area contributed by atoms with Crippen molar-refractivity contribution in [2.45, 2.75) is 18.0 Å². The molecule has 0 bridgehead atoms. The predicted octanol–water partition coefficient (Wildman–Crippen LogP) is -0.739. The second-order valence-electron chi connectivity index (χ2n) is 2.47. The van der Waals surface area contributed by atoms with Crippen LogP contribution in [0.5, 0.6) is 0 Å². The molecule has 0 saturated carbocycles. The van der Waals surface area contributed by atoms with Gasteiger partial charge >= 0.3 is 21.5 Å². The monoisotopic (exact) mass is 251 g/mol. The van der Waals surface area contributed by atoms with Crippen molar-refractivity contribution < 1.29 is 36.6 Å². The minimum Gasteiger partial charge on any atom is -0.480 e. The number of sulfonamides is 1. The SMILES string of the molecule is O=C(O)[C@H](CCO)NS(=O)(=O)C(F)(F)F. The number of aliphatic hydroxyl groups excluding tert-OH is 1. The van der Waals surface area contributed by atoms with Crippen LogP contribution in [0.4, 0.5) is 13.2 Å². The maximum atomic E-state index is 11.8. The van der Waals surface area contributed by atoms with Gasteiger partial charge in [-0.2, -0.15) is 17.9 Å². The van der Waals surface area contributed by atoms with Crippen molar-refractivity contribution in [3.05, 3.63) is 0 Å². The summed E-state index contributed by atoms with van der Waals surface area (Å²) in [5.41, 5.74) is -5.57. The number of carboxylic acids is 1. The highest BCUT2D eigenvalue weighted by Gasteiger charge is 2.47. The van der Waals surface area contributed by atoms with Gasteiger partial charge in [0.15, 0.2) is 0 Å². The molecule has 0 unspecified atom stereocenters. The zero-order valence-electron chi connectivity index (χ0n) is 7.15. The predicted molar refractivity (Wildman–Crippen MR) is 41.2 cm³/mol. The molecule has 90 valence electrons. The lowest BCUT2D eigenvalue weighted by Crippen LogP contribution is -2.46. The Morgan fingerprint density at radius 1 is 1.40 bits per heavy atom. The van der Waals surface area contributed by atoms with Crippen molar-refractivity contribution in [1.29, 1.82) is 0 Å². The first kappa shape index (κ1) is 14.1. The largest absolute Gasteiger partial charge is 0.511 e. The van der Waals surface area contributed by atoms with Crippen LogP contribution in [0.1, 0.15) is 6.42 Å². The molecule has 0 spiro atoms. The van der Waals surface area contributed by atoms with E-state index in [0.717, 1.165) is 4.72 Å². The highest BCUT2D eigenvalue weighted by molar-refractivity contribution is 7.90. The Kier molecular flexibility index (Phi) is 4.49. The van der Waals surface area contributed by atoms with Crippen LogP contribution < -0.4 is 4.72 Å². The molecule has 0 aliphatic carbocycles. The van der Waals surface area contributed by atoms with E-state index in [1.807, 2.05) is 0 Å². The van der Waals surface area contributed by atoms with E-state index in [0.29, 0.717) is 0 Å². The maximum Gasteiger partial charge on any atom is 0.511 e. The third kappa shape index (κ3) is 4.01. The van der Waals surface area contributed by atoms with E-state index in [1.54, 1.807) is 0 Å². The van der Waals surface area contributed by atoms with Gasteiger partial charge in [0.05, 0.1) is 0 Å². The summed E-state index contributed by atoms with van der Waals surface area (Å²) in [5, 5.41) is 16.6.